The number of benzene rings is 1. The fourth-order valence-electron chi connectivity index (χ4n) is 2.79. The molecular formula is C15H23NO3. The highest BCUT2D eigenvalue weighted by Gasteiger charge is 2.26. The van der Waals surface area contributed by atoms with Crippen LogP contribution < -0.4 is 0 Å². The average molecular weight is 265 g/mol. The number of fused-ring (bicyclic) bond motifs is 1. The van der Waals surface area contributed by atoms with Crippen molar-refractivity contribution in [1.82, 2.24) is 5.06 Å². The molecule has 106 valence electrons. The number of nitrogens with zero attached hydrogens (tertiary/aromatic N) is 1. The van der Waals surface area contributed by atoms with Gasteiger partial charge >= 0.3 is 0 Å². The van der Waals surface area contributed by atoms with Crippen LogP contribution in [0.5, 0.6) is 11.5 Å². The van der Waals surface area contributed by atoms with Crippen molar-refractivity contribution in [1.29, 1.82) is 0 Å². The van der Waals surface area contributed by atoms with Gasteiger partial charge in [0.2, 0.25) is 0 Å². The molecule has 0 radical (unpaired) electrons. The molecule has 0 bridgehead atoms. The Morgan fingerprint density at radius 2 is 2.11 bits per heavy atom. The molecule has 0 saturated heterocycles. The third-order valence-electron chi connectivity index (χ3n) is 3.69. The second kappa shape index (κ2) is 6.26. The summed E-state index contributed by atoms with van der Waals surface area (Å²) in [5.41, 5.74) is 2.01. The lowest BCUT2D eigenvalue weighted by atomic mass is 9.87. The maximum absolute atomic E-state index is 9.88. The van der Waals surface area contributed by atoms with Gasteiger partial charge in [-0.3, -0.25) is 4.84 Å². The van der Waals surface area contributed by atoms with E-state index in [1.807, 2.05) is 13.0 Å². The Morgan fingerprint density at radius 3 is 2.79 bits per heavy atom. The third kappa shape index (κ3) is 3.01. The van der Waals surface area contributed by atoms with Crippen LogP contribution in [0.3, 0.4) is 0 Å². The number of hydrogen-bond donors (Lipinski definition) is 2. The largest absolute Gasteiger partial charge is 0.504 e. The Balaban J connectivity index is 2.15. The van der Waals surface area contributed by atoms with Crippen LogP contribution in [0.25, 0.3) is 0 Å². The number of phenols is 2. The van der Waals surface area contributed by atoms with Crippen molar-refractivity contribution in [2.45, 2.75) is 45.6 Å². The van der Waals surface area contributed by atoms with Gasteiger partial charge in [-0.2, -0.15) is 5.06 Å². The highest BCUT2D eigenvalue weighted by atomic mass is 16.7. The minimum Gasteiger partial charge on any atom is -0.504 e. The lowest BCUT2D eigenvalue weighted by molar-refractivity contribution is -0.184. The summed E-state index contributed by atoms with van der Waals surface area (Å²) >= 11 is 0. The first-order valence-electron chi connectivity index (χ1n) is 7.09. The Hall–Kier alpha value is -1.26. The number of hydrogen-bond acceptors (Lipinski definition) is 4. The van der Waals surface area contributed by atoms with Gasteiger partial charge in [0.15, 0.2) is 11.5 Å². The van der Waals surface area contributed by atoms with Crippen LogP contribution in [-0.2, 0) is 17.7 Å². The maximum atomic E-state index is 9.88. The molecule has 0 heterocycles. The molecule has 4 nitrogen and oxygen atoms in total. The molecule has 2 N–H and O–H groups in total. The fourth-order valence-corrected chi connectivity index (χ4v) is 2.79. The van der Waals surface area contributed by atoms with Gasteiger partial charge in [-0.05, 0) is 44.2 Å². The van der Waals surface area contributed by atoms with E-state index in [1.165, 1.54) is 0 Å². The fraction of sp³-hybridized carbons (Fsp3) is 0.600. The van der Waals surface area contributed by atoms with E-state index in [0.29, 0.717) is 12.6 Å². The van der Waals surface area contributed by atoms with Crippen LogP contribution in [-0.4, -0.2) is 34.5 Å². The van der Waals surface area contributed by atoms with E-state index in [4.69, 9.17) is 4.84 Å². The lowest BCUT2D eigenvalue weighted by Gasteiger charge is -2.34. The quantitative estimate of drug-likeness (QED) is 0.635. The zero-order chi connectivity index (χ0) is 13.8. The topological polar surface area (TPSA) is 52.9 Å². The summed E-state index contributed by atoms with van der Waals surface area (Å²) < 4.78 is 0. The first-order valence-corrected chi connectivity index (χ1v) is 7.09. The van der Waals surface area contributed by atoms with E-state index >= 15 is 0 Å². The van der Waals surface area contributed by atoms with Crippen molar-refractivity contribution in [3.05, 3.63) is 23.3 Å². The van der Waals surface area contributed by atoms with Crippen molar-refractivity contribution in [2.75, 3.05) is 13.2 Å². The number of phenolic OH excluding ortho intramolecular Hbond substituents is 2. The SMILES string of the molecule is CCCN(OCC)C1CCc2c(ccc(O)c2O)C1. The smallest absolute Gasteiger partial charge is 0.160 e. The van der Waals surface area contributed by atoms with E-state index in [9.17, 15) is 10.2 Å². The van der Waals surface area contributed by atoms with E-state index in [0.717, 1.165) is 43.4 Å². The summed E-state index contributed by atoms with van der Waals surface area (Å²) in [6, 6.07) is 3.84. The molecule has 0 spiro atoms. The summed E-state index contributed by atoms with van der Waals surface area (Å²) in [7, 11) is 0. The van der Waals surface area contributed by atoms with Crippen LogP contribution in [0.1, 0.15) is 37.8 Å². The Kier molecular flexibility index (Phi) is 4.66. The van der Waals surface area contributed by atoms with Crippen molar-refractivity contribution < 1.29 is 15.1 Å². The standard InChI is InChI=1S/C15H23NO3/c1-3-9-16(19-4-2)12-6-7-13-11(10-12)5-8-14(17)15(13)18/h5,8,12,17-18H,3-4,6-7,9-10H2,1-2H3. The molecule has 0 aliphatic heterocycles. The summed E-state index contributed by atoms with van der Waals surface area (Å²) in [5.74, 6) is 0.0295. The molecule has 0 amide bonds. The molecule has 1 unspecified atom stereocenters. The molecule has 2 rings (SSSR count). The third-order valence-corrected chi connectivity index (χ3v) is 3.69. The van der Waals surface area contributed by atoms with Gasteiger partial charge in [-0.25, -0.2) is 0 Å². The van der Waals surface area contributed by atoms with Gasteiger partial charge in [-0.15, -0.1) is 0 Å². The molecule has 0 aromatic heterocycles. The van der Waals surface area contributed by atoms with E-state index < -0.39 is 0 Å². The van der Waals surface area contributed by atoms with Crippen LogP contribution in [0.15, 0.2) is 12.1 Å². The summed E-state index contributed by atoms with van der Waals surface area (Å²) in [4.78, 5) is 5.71. The van der Waals surface area contributed by atoms with E-state index in [-0.39, 0.29) is 11.5 Å². The van der Waals surface area contributed by atoms with Gasteiger partial charge in [0.05, 0.1) is 6.61 Å². The van der Waals surface area contributed by atoms with E-state index in [2.05, 4.69) is 12.0 Å². The number of aromatic hydroxyl groups is 2. The Bertz CT molecular complexity index is 428. The zero-order valence-corrected chi connectivity index (χ0v) is 11.7. The van der Waals surface area contributed by atoms with Gasteiger partial charge < -0.3 is 10.2 Å². The van der Waals surface area contributed by atoms with Crippen molar-refractivity contribution in [3.8, 4) is 11.5 Å². The normalized spacial score (nSPS) is 18.6. The molecular weight excluding hydrogens is 242 g/mol. The molecule has 1 atom stereocenters. The molecule has 1 aliphatic rings. The predicted octanol–water partition coefficient (Wildman–Crippen LogP) is 2.62. The lowest BCUT2D eigenvalue weighted by Crippen LogP contribution is -2.39. The molecule has 1 aromatic rings. The molecule has 1 aromatic carbocycles. The molecule has 0 saturated carbocycles. The van der Waals surface area contributed by atoms with Crippen LogP contribution >= 0.6 is 0 Å². The van der Waals surface area contributed by atoms with Crippen molar-refractivity contribution in [2.24, 2.45) is 0 Å². The van der Waals surface area contributed by atoms with Crippen molar-refractivity contribution in [3.63, 3.8) is 0 Å². The van der Waals surface area contributed by atoms with Crippen LogP contribution in [0, 0.1) is 0 Å². The second-order valence-electron chi connectivity index (χ2n) is 5.03. The minimum atomic E-state index is -0.0209. The number of rotatable bonds is 5. The molecule has 19 heavy (non-hydrogen) atoms. The van der Waals surface area contributed by atoms with Gasteiger partial charge in [0.1, 0.15) is 0 Å². The highest BCUT2D eigenvalue weighted by Crippen LogP contribution is 2.36. The summed E-state index contributed by atoms with van der Waals surface area (Å²) in [6.07, 6.45) is 3.66. The Labute approximate surface area is 114 Å². The van der Waals surface area contributed by atoms with Crippen LogP contribution in [0.2, 0.25) is 0 Å². The summed E-state index contributed by atoms with van der Waals surface area (Å²) in [6.45, 7) is 5.76. The maximum Gasteiger partial charge on any atom is 0.160 e. The first-order chi connectivity index (χ1) is 9.17. The van der Waals surface area contributed by atoms with E-state index in [1.54, 1.807) is 6.07 Å². The van der Waals surface area contributed by atoms with Gasteiger partial charge in [-0.1, -0.05) is 13.0 Å². The first kappa shape index (κ1) is 14.2. The van der Waals surface area contributed by atoms with Crippen LogP contribution in [0.4, 0.5) is 0 Å². The predicted molar refractivity (Wildman–Crippen MR) is 74.2 cm³/mol. The molecule has 0 fully saturated rings. The van der Waals surface area contributed by atoms with Gasteiger partial charge in [0.25, 0.3) is 0 Å². The monoisotopic (exact) mass is 265 g/mol. The molecule has 1 aliphatic carbocycles. The molecule has 4 heteroatoms. The minimum absolute atomic E-state index is 0.0209. The average Bonchev–Trinajstić information content (AvgIpc) is 2.42. The van der Waals surface area contributed by atoms with Gasteiger partial charge in [0, 0.05) is 18.2 Å². The number of hydroxylamine groups is 2. The Morgan fingerprint density at radius 1 is 1.32 bits per heavy atom. The summed E-state index contributed by atoms with van der Waals surface area (Å²) in [5, 5.41) is 21.5. The second-order valence-corrected chi connectivity index (χ2v) is 5.03. The highest BCUT2D eigenvalue weighted by molar-refractivity contribution is 5.50. The van der Waals surface area contributed by atoms with Crippen molar-refractivity contribution >= 4 is 0 Å². The zero-order valence-electron chi connectivity index (χ0n) is 11.7.